The molecule has 1 aromatic carbocycles. The molecule has 8 nitrogen and oxygen atoms in total. The number of aromatic nitrogens is 2. The van der Waals surface area contributed by atoms with Gasteiger partial charge in [0.2, 0.25) is 6.41 Å². The van der Waals surface area contributed by atoms with Crippen LogP contribution in [0.1, 0.15) is 5.82 Å². The highest BCUT2D eigenvalue weighted by Gasteiger charge is 2.19. The molecule has 2 aliphatic heterocycles. The molecule has 4 rings (SSSR count). The number of nitrogens with one attached hydrogen (secondary N) is 1. The average Bonchev–Trinajstić information content (AvgIpc) is 2.74. The Kier molecular flexibility index (Phi) is 5.57. The Morgan fingerprint density at radius 1 is 1.00 bits per heavy atom. The normalized spacial score (nSPS) is 17.5. The van der Waals surface area contributed by atoms with E-state index in [1.54, 1.807) is 4.90 Å². The lowest BCUT2D eigenvalue weighted by Crippen LogP contribution is -2.46. The Labute approximate surface area is 165 Å². The van der Waals surface area contributed by atoms with Gasteiger partial charge in [-0.1, -0.05) is 12.1 Å². The number of hydrogen-bond donors (Lipinski definition) is 1. The predicted molar refractivity (Wildman–Crippen MR) is 109 cm³/mol. The van der Waals surface area contributed by atoms with E-state index in [0.29, 0.717) is 0 Å². The lowest BCUT2D eigenvalue weighted by Gasteiger charge is -2.33. The van der Waals surface area contributed by atoms with Gasteiger partial charge in [0.1, 0.15) is 17.5 Å². The van der Waals surface area contributed by atoms with E-state index >= 15 is 0 Å². The summed E-state index contributed by atoms with van der Waals surface area (Å²) in [5.41, 5.74) is 2.18. The summed E-state index contributed by atoms with van der Waals surface area (Å²) in [6, 6.07) is 10.3. The summed E-state index contributed by atoms with van der Waals surface area (Å²) in [7, 11) is 0. The van der Waals surface area contributed by atoms with Gasteiger partial charge in [0.05, 0.1) is 24.6 Å². The summed E-state index contributed by atoms with van der Waals surface area (Å²) >= 11 is 0. The van der Waals surface area contributed by atoms with E-state index in [1.165, 1.54) is 0 Å². The largest absolute Gasteiger partial charge is 0.378 e. The van der Waals surface area contributed by atoms with Gasteiger partial charge in [-0.15, -0.1) is 0 Å². The fourth-order valence-electron chi connectivity index (χ4n) is 3.63. The Morgan fingerprint density at radius 3 is 2.50 bits per heavy atom. The summed E-state index contributed by atoms with van der Waals surface area (Å²) in [6.07, 6.45) is 0.915. The maximum Gasteiger partial charge on any atom is 0.209 e. The Morgan fingerprint density at radius 2 is 1.75 bits per heavy atom. The zero-order valence-corrected chi connectivity index (χ0v) is 16.2. The first-order valence-electron chi connectivity index (χ1n) is 9.71. The van der Waals surface area contributed by atoms with Gasteiger partial charge in [-0.05, 0) is 19.1 Å². The van der Waals surface area contributed by atoms with Crippen molar-refractivity contribution in [3.8, 4) is 0 Å². The number of piperazine rings is 1. The number of morpholine rings is 1. The number of rotatable bonds is 5. The van der Waals surface area contributed by atoms with Crippen LogP contribution in [0, 0.1) is 6.92 Å². The molecule has 8 heteroatoms. The predicted octanol–water partition coefficient (Wildman–Crippen LogP) is 1.64. The third kappa shape index (κ3) is 4.17. The highest BCUT2D eigenvalue weighted by Crippen LogP contribution is 2.29. The van der Waals surface area contributed by atoms with Crippen LogP contribution in [0.4, 0.5) is 23.0 Å². The van der Waals surface area contributed by atoms with Gasteiger partial charge in [-0.25, -0.2) is 9.97 Å². The second kappa shape index (κ2) is 8.43. The molecule has 0 atom stereocenters. The molecule has 2 aliphatic rings. The van der Waals surface area contributed by atoms with E-state index in [9.17, 15) is 4.79 Å². The van der Waals surface area contributed by atoms with Crippen molar-refractivity contribution in [2.75, 3.05) is 67.6 Å². The molecule has 2 fully saturated rings. The van der Waals surface area contributed by atoms with Gasteiger partial charge < -0.3 is 24.8 Å². The Balaban J connectivity index is 1.54. The van der Waals surface area contributed by atoms with Gasteiger partial charge >= 0.3 is 0 Å². The molecule has 0 aliphatic carbocycles. The second-order valence-corrected chi connectivity index (χ2v) is 7.03. The van der Waals surface area contributed by atoms with Crippen molar-refractivity contribution in [3.63, 3.8) is 0 Å². The molecule has 148 valence electrons. The van der Waals surface area contributed by atoms with Crippen LogP contribution in [0.3, 0.4) is 0 Å². The molecule has 1 N–H and O–H groups in total. The number of carbonyl (C=O) groups is 1. The molecule has 1 amide bonds. The lowest BCUT2D eigenvalue weighted by atomic mass is 10.2. The molecule has 28 heavy (non-hydrogen) atoms. The van der Waals surface area contributed by atoms with Crippen molar-refractivity contribution in [3.05, 3.63) is 36.2 Å². The third-order valence-electron chi connectivity index (χ3n) is 5.13. The quantitative estimate of drug-likeness (QED) is 0.788. The van der Waals surface area contributed by atoms with Crippen molar-refractivity contribution in [2.45, 2.75) is 6.92 Å². The number of amides is 1. The minimum Gasteiger partial charge on any atom is -0.378 e. The van der Waals surface area contributed by atoms with E-state index in [4.69, 9.17) is 4.74 Å². The van der Waals surface area contributed by atoms with Gasteiger partial charge in [0.15, 0.2) is 0 Å². The summed E-state index contributed by atoms with van der Waals surface area (Å²) in [4.78, 5) is 26.5. The molecule has 3 heterocycles. The topological polar surface area (TPSA) is 73.8 Å². The molecular weight excluding hydrogens is 356 g/mol. The van der Waals surface area contributed by atoms with Crippen LogP contribution in [0.25, 0.3) is 0 Å². The molecule has 0 unspecified atom stereocenters. The van der Waals surface area contributed by atoms with Gasteiger partial charge in [0, 0.05) is 45.3 Å². The maximum absolute atomic E-state index is 10.9. The summed E-state index contributed by atoms with van der Waals surface area (Å²) in [6.45, 7) is 8.16. The summed E-state index contributed by atoms with van der Waals surface area (Å²) in [5.74, 6) is 2.40. The molecule has 0 radical (unpaired) electrons. The first kappa shape index (κ1) is 18.5. The van der Waals surface area contributed by atoms with Gasteiger partial charge in [-0.3, -0.25) is 4.79 Å². The molecule has 2 saturated heterocycles. The number of aryl methyl sites for hydroxylation is 1. The number of carbonyl (C=O) groups excluding carboxylic acids is 1. The molecule has 0 saturated carbocycles. The molecule has 0 spiro atoms. The van der Waals surface area contributed by atoms with Crippen molar-refractivity contribution in [1.29, 1.82) is 0 Å². The number of ether oxygens (including phenoxy) is 1. The standard InChI is InChI=1S/C20H26N6O2/c1-16-21-19(14-20(22-16)26-8-6-24(15-27)7-9-26)23-17-4-2-3-5-18(17)25-10-12-28-13-11-25/h2-5,14-15H,6-13H2,1H3,(H,21,22,23). The Bertz CT molecular complexity index is 816. The molecular formula is C20H26N6O2. The van der Waals surface area contributed by atoms with E-state index in [1.807, 2.05) is 19.1 Å². The SMILES string of the molecule is Cc1nc(Nc2ccccc2N2CCOCC2)cc(N2CCN(C=O)CC2)n1. The van der Waals surface area contributed by atoms with E-state index < -0.39 is 0 Å². The highest BCUT2D eigenvalue weighted by atomic mass is 16.5. The zero-order chi connectivity index (χ0) is 19.3. The first-order chi connectivity index (χ1) is 13.7. The van der Waals surface area contributed by atoms with Crippen molar-refractivity contribution >= 4 is 29.4 Å². The maximum atomic E-state index is 10.9. The van der Waals surface area contributed by atoms with Gasteiger partial charge in [0.25, 0.3) is 0 Å². The van der Waals surface area contributed by atoms with Crippen molar-refractivity contribution < 1.29 is 9.53 Å². The number of benzene rings is 1. The first-order valence-corrected chi connectivity index (χ1v) is 9.71. The number of nitrogens with zero attached hydrogens (tertiary/aromatic N) is 5. The number of hydrogen-bond acceptors (Lipinski definition) is 7. The van der Waals surface area contributed by atoms with E-state index in [0.717, 1.165) is 87.7 Å². The van der Waals surface area contributed by atoms with Crippen LogP contribution in [-0.2, 0) is 9.53 Å². The van der Waals surface area contributed by atoms with E-state index in [-0.39, 0.29) is 0 Å². The lowest BCUT2D eigenvalue weighted by molar-refractivity contribution is -0.118. The number of anilines is 4. The smallest absolute Gasteiger partial charge is 0.209 e. The minimum atomic E-state index is 0.717. The molecule has 0 bridgehead atoms. The van der Waals surface area contributed by atoms with Gasteiger partial charge in [-0.2, -0.15) is 0 Å². The van der Waals surface area contributed by atoms with Crippen LogP contribution in [0.5, 0.6) is 0 Å². The van der Waals surface area contributed by atoms with Crippen LogP contribution < -0.4 is 15.1 Å². The second-order valence-electron chi connectivity index (χ2n) is 7.03. The monoisotopic (exact) mass is 382 g/mol. The van der Waals surface area contributed by atoms with E-state index in [2.05, 4.69) is 43.3 Å². The van der Waals surface area contributed by atoms with Crippen molar-refractivity contribution in [2.24, 2.45) is 0 Å². The van der Waals surface area contributed by atoms with Crippen LogP contribution in [0.15, 0.2) is 30.3 Å². The summed E-state index contributed by atoms with van der Waals surface area (Å²) < 4.78 is 5.48. The highest BCUT2D eigenvalue weighted by molar-refractivity contribution is 5.75. The summed E-state index contributed by atoms with van der Waals surface area (Å²) in [5, 5.41) is 3.48. The fraction of sp³-hybridized carbons (Fsp3) is 0.450. The molecule has 1 aromatic heterocycles. The van der Waals surface area contributed by atoms with Crippen LogP contribution >= 0.6 is 0 Å². The third-order valence-corrected chi connectivity index (χ3v) is 5.13. The minimum absolute atomic E-state index is 0.717. The van der Waals surface area contributed by atoms with Crippen LogP contribution in [-0.4, -0.2) is 73.8 Å². The zero-order valence-electron chi connectivity index (χ0n) is 16.2. The Hall–Kier alpha value is -2.87. The fourth-order valence-corrected chi connectivity index (χ4v) is 3.63. The van der Waals surface area contributed by atoms with Crippen molar-refractivity contribution in [1.82, 2.24) is 14.9 Å². The average molecular weight is 382 g/mol. The molecule has 2 aromatic rings. The van der Waals surface area contributed by atoms with Crippen LogP contribution in [0.2, 0.25) is 0 Å². The number of para-hydroxylation sites is 2.